The predicted octanol–water partition coefficient (Wildman–Crippen LogP) is 4.09. The zero-order chi connectivity index (χ0) is 24.7. The highest BCUT2D eigenvalue weighted by atomic mass is 16.6. The second-order valence-electron chi connectivity index (χ2n) is 9.06. The largest absolute Gasteiger partial charge is 0.459 e. The summed E-state index contributed by atoms with van der Waals surface area (Å²) >= 11 is 0. The highest BCUT2D eigenvalue weighted by Gasteiger charge is 2.43. The second-order valence-corrected chi connectivity index (χ2v) is 9.06. The first-order chi connectivity index (χ1) is 16.2. The molecule has 34 heavy (non-hydrogen) atoms. The summed E-state index contributed by atoms with van der Waals surface area (Å²) in [6.45, 7) is 5.71. The maximum Gasteiger partial charge on any atom is 0.407 e. The van der Waals surface area contributed by atoms with E-state index in [0.717, 1.165) is 10.5 Å². The van der Waals surface area contributed by atoms with Crippen molar-refractivity contribution in [2.45, 2.75) is 58.3 Å². The molecule has 0 aromatic heterocycles. The molecule has 8 nitrogen and oxygen atoms in total. The number of alkyl carbamates (subject to hydrolysis) is 1. The molecule has 0 aliphatic carbocycles. The first-order valence-corrected chi connectivity index (χ1v) is 11.3. The fourth-order valence-corrected chi connectivity index (χ4v) is 3.64. The zero-order valence-electron chi connectivity index (χ0n) is 19.7. The number of benzene rings is 2. The van der Waals surface area contributed by atoms with Gasteiger partial charge in [-0.05, 0) is 57.7 Å². The van der Waals surface area contributed by atoms with E-state index in [9.17, 15) is 19.2 Å². The third kappa shape index (κ3) is 6.43. The fraction of sp³-hybridized carbons (Fsp3) is 0.385. The van der Waals surface area contributed by atoms with E-state index in [0.29, 0.717) is 19.4 Å². The summed E-state index contributed by atoms with van der Waals surface area (Å²) in [4.78, 5) is 51.7. The standard InChI is InChI=1S/C26H30N2O6/c1-26(2,3)34-25(32)27-16-10-9-15-21(24(31)33-17-18-11-5-4-6-12-18)28-22(29)19-13-7-8-14-20(19)23(28)30/h4-8,11-14,21H,9-10,15-17H2,1-3H3,(H,27,32)/t21-/m0/s1. The topological polar surface area (TPSA) is 102 Å². The highest BCUT2D eigenvalue weighted by Crippen LogP contribution is 2.27. The quantitative estimate of drug-likeness (QED) is 0.339. The van der Waals surface area contributed by atoms with Crippen LogP contribution in [0.15, 0.2) is 54.6 Å². The summed E-state index contributed by atoms with van der Waals surface area (Å²) in [6.07, 6.45) is 0.709. The first-order valence-electron chi connectivity index (χ1n) is 11.3. The van der Waals surface area contributed by atoms with E-state index in [-0.39, 0.29) is 24.2 Å². The van der Waals surface area contributed by atoms with Gasteiger partial charge >= 0.3 is 12.1 Å². The minimum Gasteiger partial charge on any atom is -0.459 e. The van der Waals surface area contributed by atoms with Crippen molar-refractivity contribution in [1.82, 2.24) is 10.2 Å². The Kier molecular flexibility index (Phi) is 8.04. The normalized spacial score (nSPS) is 13.9. The van der Waals surface area contributed by atoms with Crippen molar-refractivity contribution in [2.24, 2.45) is 0 Å². The van der Waals surface area contributed by atoms with Gasteiger partial charge in [0.05, 0.1) is 11.1 Å². The molecule has 1 aliphatic rings. The van der Waals surface area contributed by atoms with Crippen molar-refractivity contribution < 1.29 is 28.7 Å². The van der Waals surface area contributed by atoms with Gasteiger partial charge in [0, 0.05) is 6.54 Å². The van der Waals surface area contributed by atoms with Crippen molar-refractivity contribution in [2.75, 3.05) is 6.54 Å². The van der Waals surface area contributed by atoms with Crippen LogP contribution in [0.2, 0.25) is 0 Å². The summed E-state index contributed by atoms with van der Waals surface area (Å²) in [5.41, 5.74) is 0.766. The van der Waals surface area contributed by atoms with Gasteiger partial charge in [0.25, 0.3) is 11.8 Å². The first kappa shape index (κ1) is 25.0. The molecule has 1 N–H and O–H groups in total. The highest BCUT2D eigenvalue weighted by molar-refractivity contribution is 6.22. The van der Waals surface area contributed by atoms with Crippen LogP contribution in [0.4, 0.5) is 4.79 Å². The van der Waals surface area contributed by atoms with Gasteiger partial charge in [-0.1, -0.05) is 42.5 Å². The van der Waals surface area contributed by atoms with Crippen LogP contribution in [0.5, 0.6) is 0 Å². The fourth-order valence-electron chi connectivity index (χ4n) is 3.64. The van der Waals surface area contributed by atoms with Crippen molar-refractivity contribution in [3.05, 3.63) is 71.3 Å². The lowest BCUT2D eigenvalue weighted by atomic mass is 10.1. The third-order valence-corrected chi connectivity index (χ3v) is 5.21. The molecule has 180 valence electrons. The van der Waals surface area contributed by atoms with Gasteiger partial charge in [0.2, 0.25) is 0 Å². The Morgan fingerprint density at radius 3 is 2.09 bits per heavy atom. The number of fused-ring (bicyclic) bond motifs is 1. The van der Waals surface area contributed by atoms with Crippen LogP contribution in [0.3, 0.4) is 0 Å². The summed E-state index contributed by atoms with van der Waals surface area (Å²) in [5, 5.41) is 2.67. The molecule has 0 spiro atoms. The molecule has 0 bridgehead atoms. The number of carbonyl (C=O) groups is 4. The maximum atomic E-state index is 13.0. The summed E-state index contributed by atoms with van der Waals surface area (Å²) in [6, 6.07) is 14.6. The Bertz CT molecular complexity index is 1010. The van der Waals surface area contributed by atoms with Gasteiger partial charge in [0.15, 0.2) is 0 Å². The van der Waals surface area contributed by atoms with Gasteiger partial charge < -0.3 is 14.8 Å². The Labute approximate surface area is 199 Å². The molecule has 0 saturated carbocycles. The average molecular weight is 467 g/mol. The number of hydrogen-bond acceptors (Lipinski definition) is 6. The molecule has 0 saturated heterocycles. The summed E-state index contributed by atoms with van der Waals surface area (Å²) < 4.78 is 10.7. The lowest BCUT2D eigenvalue weighted by molar-refractivity contribution is -0.150. The van der Waals surface area contributed by atoms with Gasteiger partial charge in [0.1, 0.15) is 18.2 Å². The van der Waals surface area contributed by atoms with E-state index in [1.54, 1.807) is 45.0 Å². The number of amides is 3. The number of nitrogens with zero attached hydrogens (tertiary/aromatic N) is 1. The molecule has 0 unspecified atom stereocenters. The minimum absolute atomic E-state index is 0.0412. The number of hydrogen-bond donors (Lipinski definition) is 1. The minimum atomic E-state index is -1.06. The molecule has 1 heterocycles. The molecule has 8 heteroatoms. The van der Waals surface area contributed by atoms with Crippen LogP contribution < -0.4 is 5.32 Å². The summed E-state index contributed by atoms with van der Waals surface area (Å²) in [5.74, 6) is -1.65. The molecule has 1 aliphatic heterocycles. The van der Waals surface area contributed by atoms with Gasteiger partial charge in [-0.25, -0.2) is 9.59 Å². The van der Waals surface area contributed by atoms with Crippen molar-refractivity contribution in [3.8, 4) is 0 Å². The SMILES string of the molecule is CC(C)(C)OC(=O)NCCCC[C@@H](C(=O)OCc1ccccc1)N1C(=O)c2ccccc2C1=O. The molecule has 0 radical (unpaired) electrons. The number of nitrogens with one attached hydrogen (secondary N) is 1. The zero-order valence-corrected chi connectivity index (χ0v) is 19.7. The molecule has 1 atom stereocenters. The Morgan fingerprint density at radius 1 is 0.912 bits per heavy atom. The Hall–Kier alpha value is -3.68. The van der Waals surface area contributed by atoms with E-state index < -0.39 is 35.5 Å². The maximum absolute atomic E-state index is 13.0. The third-order valence-electron chi connectivity index (χ3n) is 5.21. The molecular formula is C26H30N2O6. The van der Waals surface area contributed by atoms with Crippen LogP contribution >= 0.6 is 0 Å². The monoisotopic (exact) mass is 466 g/mol. The number of esters is 1. The van der Waals surface area contributed by atoms with E-state index in [1.807, 2.05) is 30.3 Å². The second kappa shape index (κ2) is 11.0. The smallest absolute Gasteiger partial charge is 0.407 e. The predicted molar refractivity (Wildman–Crippen MR) is 125 cm³/mol. The molecular weight excluding hydrogens is 436 g/mol. The van der Waals surface area contributed by atoms with Crippen molar-refractivity contribution in [3.63, 3.8) is 0 Å². The van der Waals surface area contributed by atoms with E-state index in [4.69, 9.17) is 9.47 Å². The lowest BCUT2D eigenvalue weighted by Gasteiger charge is -2.25. The number of rotatable bonds is 9. The van der Waals surface area contributed by atoms with E-state index in [2.05, 4.69) is 5.32 Å². The van der Waals surface area contributed by atoms with Gasteiger partial charge in [-0.2, -0.15) is 0 Å². The van der Waals surface area contributed by atoms with Crippen LogP contribution in [0, 0.1) is 0 Å². The van der Waals surface area contributed by atoms with Crippen molar-refractivity contribution in [1.29, 1.82) is 0 Å². The van der Waals surface area contributed by atoms with E-state index in [1.165, 1.54) is 0 Å². The molecule has 2 aromatic carbocycles. The van der Waals surface area contributed by atoms with Crippen LogP contribution in [0.25, 0.3) is 0 Å². The molecule has 3 amide bonds. The molecule has 2 aromatic rings. The average Bonchev–Trinajstić information content (AvgIpc) is 3.04. The van der Waals surface area contributed by atoms with Crippen LogP contribution in [0.1, 0.15) is 66.3 Å². The number of carbonyl (C=O) groups excluding carboxylic acids is 4. The number of imide groups is 1. The van der Waals surface area contributed by atoms with Crippen LogP contribution in [-0.2, 0) is 20.9 Å². The lowest BCUT2D eigenvalue weighted by Crippen LogP contribution is -2.45. The van der Waals surface area contributed by atoms with Crippen LogP contribution in [-0.4, -0.2) is 47.0 Å². The molecule has 0 fully saturated rings. The Balaban J connectivity index is 1.64. The Morgan fingerprint density at radius 2 is 1.50 bits per heavy atom. The van der Waals surface area contributed by atoms with E-state index >= 15 is 0 Å². The number of unbranched alkanes of at least 4 members (excludes halogenated alkanes) is 1. The molecule has 3 rings (SSSR count). The summed E-state index contributed by atoms with van der Waals surface area (Å²) in [7, 11) is 0. The van der Waals surface area contributed by atoms with Gasteiger partial charge in [-0.3, -0.25) is 14.5 Å². The number of ether oxygens (including phenoxy) is 2. The van der Waals surface area contributed by atoms with Gasteiger partial charge in [-0.15, -0.1) is 0 Å². The van der Waals surface area contributed by atoms with Crippen molar-refractivity contribution >= 4 is 23.9 Å².